The molecule has 0 aliphatic carbocycles. The third-order valence-electron chi connectivity index (χ3n) is 4.57. The maximum atomic E-state index is 6.12. The van der Waals surface area contributed by atoms with Crippen molar-refractivity contribution in [2.45, 2.75) is 6.92 Å². The van der Waals surface area contributed by atoms with Crippen LogP contribution in [0.5, 0.6) is 11.5 Å². The molecule has 0 radical (unpaired) electrons. The number of ether oxygens (including phenoxy) is 2. The molecule has 2 heterocycles. The molecular weight excluding hydrogens is 396 g/mol. The summed E-state index contributed by atoms with van der Waals surface area (Å²) < 4.78 is 13.4. The summed E-state index contributed by atoms with van der Waals surface area (Å²) in [6.07, 6.45) is 0. The predicted octanol–water partition coefficient (Wildman–Crippen LogP) is 4.54. The van der Waals surface area contributed by atoms with E-state index >= 15 is 0 Å². The van der Waals surface area contributed by atoms with Gasteiger partial charge in [-0.2, -0.15) is 9.67 Å². The van der Waals surface area contributed by atoms with Crippen LogP contribution in [-0.4, -0.2) is 29.4 Å². The van der Waals surface area contributed by atoms with Crippen LogP contribution in [0.4, 0.5) is 0 Å². The minimum atomic E-state index is 0.386. The highest BCUT2D eigenvalue weighted by atomic mass is 35.5. The Kier molecular flexibility index (Phi) is 4.78. The summed E-state index contributed by atoms with van der Waals surface area (Å²) in [5.74, 6) is 1.92. The van der Waals surface area contributed by atoms with E-state index in [1.54, 1.807) is 14.2 Å². The lowest BCUT2D eigenvalue weighted by molar-refractivity contribution is -0.597. The number of rotatable bonds is 4. The van der Waals surface area contributed by atoms with E-state index in [0.29, 0.717) is 27.2 Å². The van der Waals surface area contributed by atoms with E-state index in [2.05, 4.69) is 21.2 Å². The number of benzene rings is 2. The third-order valence-corrected chi connectivity index (χ3v) is 5.02. The van der Waals surface area contributed by atoms with E-state index in [0.717, 1.165) is 27.7 Å². The second-order valence-corrected chi connectivity index (χ2v) is 7.08. The van der Waals surface area contributed by atoms with Crippen molar-refractivity contribution in [3.8, 4) is 28.7 Å². The van der Waals surface area contributed by atoms with Gasteiger partial charge in [-0.05, 0) is 72.0 Å². The van der Waals surface area contributed by atoms with Gasteiger partial charge in [0.2, 0.25) is 0 Å². The molecule has 4 aromatic rings. The molecule has 2 N–H and O–H groups in total. The van der Waals surface area contributed by atoms with Crippen LogP contribution in [0.15, 0.2) is 42.5 Å². The second-order valence-electron chi connectivity index (χ2n) is 6.26. The summed E-state index contributed by atoms with van der Waals surface area (Å²) in [5.41, 5.74) is 2.89. The molecule has 0 fully saturated rings. The van der Waals surface area contributed by atoms with Crippen molar-refractivity contribution in [2.24, 2.45) is 0 Å². The summed E-state index contributed by atoms with van der Waals surface area (Å²) in [4.78, 5) is 4.41. The molecule has 6 nitrogen and oxygen atoms in total. The number of aromatic nitrogens is 4. The molecule has 0 bridgehead atoms. The molecule has 8 heteroatoms. The average Bonchev–Trinajstić information content (AvgIpc) is 3.12. The maximum absolute atomic E-state index is 6.12. The minimum absolute atomic E-state index is 0.386. The van der Waals surface area contributed by atoms with Gasteiger partial charge in [0.05, 0.1) is 19.9 Å². The van der Waals surface area contributed by atoms with Crippen molar-refractivity contribution in [2.75, 3.05) is 14.2 Å². The lowest BCUT2D eigenvalue weighted by atomic mass is 10.0. The smallest absolute Gasteiger partial charge is 0.422 e. The van der Waals surface area contributed by atoms with Gasteiger partial charge in [0, 0.05) is 16.0 Å². The number of pyridine rings is 1. The summed E-state index contributed by atoms with van der Waals surface area (Å²) in [7, 11) is 3.25. The van der Waals surface area contributed by atoms with Crippen molar-refractivity contribution < 1.29 is 14.0 Å². The molecule has 2 aromatic heterocycles. The molecule has 28 heavy (non-hydrogen) atoms. The first-order valence-electron chi connectivity index (χ1n) is 8.54. The molecule has 0 amide bonds. The number of aromatic amines is 2. The quantitative estimate of drug-likeness (QED) is 0.380. The monoisotopic (exact) mass is 413 g/mol. The number of halogens is 1. The number of methoxy groups -OCH3 is 2. The van der Waals surface area contributed by atoms with Crippen molar-refractivity contribution in [1.82, 2.24) is 15.2 Å². The van der Waals surface area contributed by atoms with E-state index in [1.165, 1.54) is 0 Å². The van der Waals surface area contributed by atoms with Crippen molar-refractivity contribution >= 4 is 34.6 Å². The summed E-state index contributed by atoms with van der Waals surface area (Å²) in [5, 5.41) is 8.57. The fourth-order valence-corrected chi connectivity index (χ4v) is 3.60. The van der Waals surface area contributed by atoms with Gasteiger partial charge in [-0.15, -0.1) is 0 Å². The van der Waals surface area contributed by atoms with Crippen molar-refractivity contribution in [3.05, 3.63) is 58.0 Å². The lowest BCUT2D eigenvalue weighted by Crippen LogP contribution is -2.38. The number of nitrogens with zero attached hydrogens (tertiary/aromatic N) is 2. The zero-order valence-electron chi connectivity index (χ0n) is 15.5. The van der Waals surface area contributed by atoms with Gasteiger partial charge in [-0.1, -0.05) is 11.6 Å². The SMILES string of the molecule is COc1cc2cc(C)[n+](-c3nc(=S)[nH][nH]3)c(-c3ccc(Cl)cc3)c2cc1OC. The topological polar surface area (TPSA) is 66.8 Å². The van der Waals surface area contributed by atoms with E-state index < -0.39 is 0 Å². The van der Waals surface area contributed by atoms with Gasteiger partial charge in [0.15, 0.2) is 11.5 Å². The van der Waals surface area contributed by atoms with Crippen LogP contribution in [0.25, 0.3) is 28.0 Å². The van der Waals surface area contributed by atoms with E-state index in [4.69, 9.17) is 33.3 Å². The van der Waals surface area contributed by atoms with Crippen LogP contribution in [0.1, 0.15) is 5.69 Å². The number of H-pyrrole nitrogens is 2. The summed E-state index contributed by atoms with van der Waals surface area (Å²) in [6.45, 7) is 2.02. The molecule has 0 spiro atoms. The van der Waals surface area contributed by atoms with Gasteiger partial charge >= 0.3 is 10.7 Å². The highest BCUT2D eigenvalue weighted by molar-refractivity contribution is 7.71. The zero-order chi connectivity index (χ0) is 19.8. The Morgan fingerprint density at radius 1 is 1.00 bits per heavy atom. The van der Waals surface area contributed by atoms with Crippen molar-refractivity contribution in [1.29, 1.82) is 0 Å². The van der Waals surface area contributed by atoms with Crippen LogP contribution < -0.4 is 14.0 Å². The normalized spacial score (nSPS) is 11.0. The lowest BCUT2D eigenvalue weighted by Gasteiger charge is -2.15. The molecule has 0 atom stereocenters. The highest BCUT2D eigenvalue weighted by Gasteiger charge is 2.23. The van der Waals surface area contributed by atoms with Gasteiger partial charge < -0.3 is 9.47 Å². The third kappa shape index (κ3) is 3.12. The molecular formula is C20H18ClN4O2S+. The molecule has 142 valence electrons. The van der Waals surface area contributed by atoms with Crippen LogP contribution >= 0.6 is 23.8 Å². The Bertz CT molecular complexity index is 1230. The Labute approximate surface area is 171 Å². The molecule has 0 saturated heterocycles. The molecule has 0 aliphatic rings. The Balaban J connectivity index is 2.15. The van der Waals surface area contributed by atoms with Crippen LogP contribution in [0.2, 0.25) is 5.02 Å². The first kappa shape index (κ1) is 18.5. The number of hydrogen-bond acceptors (Lipinski definition) is 4. The molecule has 4 rings (SSSR count). The average molecular weight is 414 g/mol. The fraction of sp³-hybridized carbons (Fsp3) is 0.150. The van der Waals surface area contributed by atoms with E-state index in [9.17, 15) is 0 Å². The van der Waals surface area contributed by atoms with Gasteiger partial charge in [-0.25, -0.2) is 5.10 Å². The Morgan fingerprint density at radius 2 is 1.68 bits per heavy atom. The fourth-order valence-electron chi connectivity index (χ4n) is 3.34. The standard InChI is InChI=1S/C20H17ClN4O2S/c1-11-8-13-9-16(26-2)17(27-3)10-15(13)18(12-4-6-14(21)7-5-12)25(11)19-22-20(28)24-23-19/h4-10H,1-3H3,(H-,22,23,24,28)/p+1. The number of aryl methyl sites for hydroxylation is 1. The Hall–Kier alpha value is -2.90. The zero-order valence-corrected chi connectivity index (χ0v) is 17.1. The second kappa shape index (κ2) is 7.26. The largest absolute Gasteiger partial charge is 0.493 e. The number of nitrogens with one attached hydrogen (secondary N) is 2. The van der Waals surface area contributed by atoms with Crippen LogP contribution in [0, 0.1) is 11.7 Å². The van der Waals surface area contributed by atoms with Gasteiger partial charge in [0.25, 0.3) is 0 Å². The van der Waals surface area contributed by atoms with Gasteiger partial charge in [-0.3, -0.25) is 0 Å². The minimum Gasteiger partial charge on any atom is -0.493 e. The Morgan fingerprint density at radius 3 is 2.29 bits per heavy atom. The first-order valence-corrected chi connectivity index (χ1v) is 9.33. The maximum Gasteiger partial charge on any atom is 0.422 e. The number of hydrogen-bond donors (Lipinski definition) is 2. The van der Waals surface area contributed by atoms with Crippen molar-refractivity contribution in [3.63, 3.8) is 0 Å². The summed E-state index contributed by atoms with van der Waals surface area (Å²) >= 11 is 11.3. The number of fused-ring (bicyclic) bond motifs is 1. The predicted molar refractivity (Wildman–Crippen MR) is 111 cm³/mol. The van der Waals surface area contributed by atoms with Gasteiger partial charge in [0.1, 0.15) is 5.69 Å². The highest BCUT2D eigenvalue weighted by Crippen LogP contribution is 2.36. The molecule has 0 unspecified atom stereocenters. The molecule has 0 aliphatic heterocycles. The molecule has 2 aromatic carbocycles. The van der Waals surface area contributed by atoms with Crippen LogP contribution in [0.3, 0.4) is 0 Å². The summed E-state index contributed by atoms with van der Waals surface area (Å²) in [6, 6.07) is 13.7. The molecule has 0 saturated carbocycles. The van der Waals surface area contributed by atoms with E-state index in [-0.39, 0.29) is 0 Å². The first-order chi connectivity index (χ1) is 13.5. The van der Waals surface area contributed by atoms with Crippen LogP contribution in [-0.2, 0) is 0 Å². The van der Waals surface area contributed by atoms with E-state index in [1.807, 2.05) is 47.9 Å².